The lowest BCUT2D eigenvalue weighted by Gasteiger charge is -2.10. The van der Waals surface area contributed by atoms with Crippen molar-refractivity contribution in [3.63, 3.8) is 0 Å². The Balaban J connectivity index is 2.21. The Hall–Kier alpha value is -1.90. The molecule has 0 saturated heterocycles. The molecule has 0 atom stereocenters. The van der Waals surface area contributed by atoms with Crippen LogP contribution in [0.2, 0.25) is 0 Å². The van der Waals surface area contributed by atoms with E-state index in [-0.39, 0.29) is 12.1 Å². The van der Waals surface area contributed by atoms with Crippen LogP contribution < -0.4 is 10.1 Å². The van der Waals surface area contributed by atoms with Gasteiger partial charge < -0.3 is 14.5 Å². The maximum atomic E-state index is 5.54. The summed E-state index contributed by atoms with van der Waals surface area (Å²) in [4.78, 5) is 12.8. The largest absolute Gasteiger partial charge is 0.461 e. The van der Waals surface area contributed by atoms with E-state index >= 15 is 0 Å². The van der Waals surface area contributed by atoms with Gasteiger partial charge in [0.25, 0.3) is 5.22 Å². The average Bonchev–Trinajstić information content (AvgIpc) is 2.80. The van der Waals surface area contributed by atoms with Crippen LogP contribution in [-0.4, -0.2) is 37.8 Å². The summed E-state index contributed by atoms with van der Waals surface area (Å²) in [7, 11) is 0. The lowest BCUT2D eigenvalue weighted by molar-refractivity contribution is 0.219. The maximum absolute atomic E-state index is 5.54. The molecule has 114 valence electrons. The Bertz CT molecular complexity index is 589. The summed E-state index contributed by atoms with van der Waals surface area (Å²) in [6, 6.07) is 0.275. The van der Waals surface area contributed by atoms with E-state index in [0.717, 1.165) is 13.0 Å². The molecular weight excluding hydrogens is 292 g/mol. The Kier molecular flexibility index (Phi) is 5.32. The Morgan fingerprint density at radius 1 is 1.24 bits per heavy atom. The first kappa shape index (κ1) is 15.5. The fourth-order valence-electron chi connectivity index (χ4n) is 1.36. The molecule has 0 fully saturated rings. The van der Waals surface area contributed by atoms with Gasteiger partial charge in [0.1, 0.15) is 0 Å². The molecule has 0 unspecified atom stereocenters. The minimum atomic E-state index is -0.0186. The molecule has 2 aromatic heterocycles. The van der Waals surface area contributed by atoms with Crippen LogP contribution in [0.5, 0.6) is 6.01 Å². The van der Waals surface area contributed by atoms with Crippen molar-refractivity contribution in [2.75, 3.05) is 11.9 Å². The quantitative estimate of drug-likeness (QED) is 0.825. The number of rotatable bonds is 7. The molecule has 0 aliphatic rings. The van der Waals surface area contributed by atoms with Crippen LogP contribution in [-0.2, 0) is 0 Å². The third kappa shape index (κ3) is 4.85. The summed E-state index contributed by atoms with van der Waals surface area (Å²) in [6.07, 6.45) is 0.951. The molecule has 2 rings (SSSR count). The van der Waals surface area contributed by atoms with Gasteiger partial charge in [-0.2, -0.15) is 15.0 Å². The predicted octanol–water partition coefficient (Wildman–Crippen LogP) is 2.32. The van der Waals surface area contributed by atoms with Crippen LogP contribution in [0.25, 0.3) is 0 Å². The van der Waals surface area contributed by atoms with Gasteiger partial charge in [-0.1, -0.05) is 6.92 Å². The molecule has 2 heterocycles. The zero-order valence-corrected chi connectivity index (χ0v) is 13.3. The van der Waals surface area contributed by atoms with E-state index in [0.29, 0.717) is 22.2 Å². The van der Waals surface area contributed by atoms with E-state index in [9.17, 15) is 0 Å². The number of hydrogen-bond acceptors (Lipinski definition) is 9. The second-order valence-electron chi connectivity index (χ2n) is 4.51. The standard InChI is InChI=1S/C12H18N6O2S/c1-5-6-13-9-14-10(19-7(2)3)16-11(15-9)21-12-18-17-8(4)20-12/h7H,5-6H2,1-4H3,(H,13,14,15,16). The molecule has 0 amide bonds. The molecule has 1 N–H and O–H groups in total. The van der Waals surface area contributed by atoms with Crippen molar-refractivity contribution in [3.05, 3.63) is 5.89 Å². The molecule has 0 aliphatic carbocycles. The van der Waals surface area contributed by atoms with Gasteiger partial charge in [-0.05, 0) is 20.3 Å². The first-order valence-corrected chi connectivity index (χ1v) is 7.53. The highest BCUT2D eigenvalue weighted by molar-refractivity contribution is 7.98. The summed E-state index contributed by atoms with van der Waals surface area (Å²) in [5.41, 5.74) is 0. The normalized spacial score (nSPS) is 10.9. The third-order valence-electron chi connectivity index (χ3n) is 2.15. The molecular formula is C12H18N6O2S. The maximum Gasteiger partial charge on any atom is 0.322 e. The fraction of sp³-hybridized carbons (Fsp3) is 0.583. The monoisotopic (exact) mass is 310 g/mol. The van der Waals surface area contributed by atoms with Crippen molar-refractivity contribution >= 4 is 17.7 Å². The van der Waals surface area contributed by atoms with E-state index in [1.54, 1.807) is 6.92 Å². The summed E-state index contributed by atoms with van der Waals surface area (Å²) >= 11 is 1.17. The number of aryl methyl sites for hydroxylation is 1. The van der Waals surface area contributed by atoms with Crippen molar-refractivity contribution in [2.24, 2.45) is 0 Å². The first-order chi connectivity index (χ1) is 10.1. The Morgan fingerprint density at radius 3 is 2.67 bits per heavy atom. The van der Waals surface area contributed by atoms with Crippen LogP contribution in [0.1, 0.15) is 33.1 Å². The highest BCUT2D eigenvalue weighted by Crippen LogP contribution is 2.25. The van der Waals surface area contributed by atoms with Gasteiger partial charge in [0, 0.05) is 25.2 Å². The summed E-state index contributed by atoms with van der Waals surface area (Å²) in [5.74, 6) is 0.968. The van der Waals surface area contributed by atoms with Gasteiger partial charge in [0.05, 0.1) is 6.10 Å². The van der Waals surface area contributed by atoms with Crippen molar-refractivity contribution in [1.29, 1.82) is 0 Å². The Morgan fingerprint density at radius 2 is 2.05 bits per heavy atom. The van der Waals surface area contributed by atoms with Gasteiger partial charge in [-0.15, -0.1) is 10.2 Å². The van der Waals surface area contributed by atoms with E-state index < -0.39 is 0 Å². The molecule has 9 heteroatoms. The highest BCUT2D eigenvalue weighted by Gasteiger charge is 2.13. The van der Waals surface area contributed by atoms with Crippen LogP contribution in [0.3, 0.4) is 0 Å². The molecule has 8 nitrogen and oxygen atoms in total. The molecule has 2 aromatic rings. The number of hydrogen-bond donors (Lipinski definition) is 1. The van der Waals surface area contributed by atoms with Crippen molar-refractivity contribution in [1.82, 2.24) is 25.1 Å². The molecule has 0 saturated carbocycles. The number of anilines is 1. The van der Waals surface area contributed by atoms with E-state index in [2.05, 4.69) is 37.4 Å². The van der Waals surface area contributed by atoms with E-state index in [1.807, 2.05) is 13.8 Å². The van der Waals surface area contributed by atoms with Crippen molar-refractivity contribution < 1.29 is 9.15 Å². The van der Waals surface area contributed by atoms with Gasteiger partial charge >= 0.3 is 6.01 Å². The number of ether oxygens (including phenoxy) is 1. The SMILES string of the molecule is CCCNc1nc(OC(C)C)nc(Sc2nnc(C)o2)n1. The van der Waals surface area contributed by atoms with Gasteiger partial charge in [0.15, 0.2) is 0 Å². The van der Waals surface area contributed by atoms with Crippen LogP contribution in [0, 0.1) is 6.92 Å². The number of nitrogens with zero attached hydrogens (tertiary/aromatic N) is 5. The number of nitrogens with one attached hydrogen (secondary N) is 1. The topological polar surface area (TPSA) is 98.9 Å². The average molecular weight is 310 g/mol. The number of aromatic nitrogens is 5. The second-order valence-corrected chi connectivity index (χ2v) is 5.43. The highest BCUT2D eigenvalue weighted by atomic mass is 32.2. The van der Waals surface area contributed by atoms with E-state index in [4.69, 9.17) is 9.15 Å². The molecule has 0 bridgehead atoms. The van der Waals surface area contributed by atoms with Crippen LogP contribution in [0.15, 0.2) is 14.8 Å². The minimum absolute atomic E-state index is 0.0186. The molecule has 0 radical (unpaired) electrons. The van der Waals surface area contributed by atoms with Crippen LogP contribution in [0.4, 0.5) is 5.95 Å². The van der Waals surface area contributed by atoms with Gasteiger partial charge in [-0.3, -0.25) is 0 Å². The Labute approximate surface area is 127 Å². The van der Waals surface area contributed by atoms with Crippen molar-refractivity contribution in [3.8, 4) is 6.01 Å². The fourth-order valence-corrected chi connectivity index (χ4v) is 2.02. The molecule has 0 aromatic carbocycles. The zero-order chi connectivity index (χ0) is 15.2. The summed E-state index contributed by atoms with van der Waals surface area (Å²) in [6.45, 7) is 8.39. The third-order valence-corrected chi connectivity index (χ3v) is 2.86. The van der Waals surface area contributed by atoms with Crippen molar-refractivity contribution in [2.45, 2.75) is 50.6 Å². The summed E-state index contributed by atoms with van der Waals surface area (Å²) < 4.78 is 10.8. The summed E-state index contributed by atoms with van der Waals surface area (Å²) in [5, 5.41) is 11.6. The second kappa shape index (κ2) is 7.21. The molecule has 0 spiro atoms. The molecule has 0 aliphatic heterocycles. The first-order valence-electron chi connectivity index (χ1n) is 6.71. The van der Waals surface area contributed by atoms with Gasteiger partial charge in [-0.25, -0.2) is 0 Å². The van der Waals surface area contributed by atoms with Crippen LogP contribution >= 0.6 is 11.8 Å². The lowest BCUT2D eigenvalue weighted by atomic mass is 10.5. The van der Waals surface area contributed by atoms with E-state index in [1.165, 1.54) is 11.8 Å². The molecule has 21 heavy (non-hydrogen) atoms. The minimum Gasteiger partial charge on any atom is -0.461 e. The lowest BCUT2D eigenvalue weighted by Crippen LogP contribution is -2.12. The predicted molar refractivity (Wildman–Crippen MR) is 77.5 cm³/mol. The zero-order valence-electron chi connectivity index (χ0n) is 12.5. The van der Waals surface area contributed by atoms with Gasteiger partial charge in [0.2, 0.25) is 17.0 Å². The smallest absolute Gasteiger partial charge is 0.322 e.